The maximum Gasteiger partial charge on any atom is 0.245 e. The van der Waals surface area contributed by atoms with E-state index < -0.39 is 0 Å². The molecule has 0 unspecified atom stereocenters. The molecule has 3 atom stereocenters. The zero-order valence-corrected chi connectivity index (χ0v) is 14.0. The summed E-state index contributed by atoms with van der Waals surface area (Å²) in [5.41, 5.74) is 1.26. The Kier molecular flexibility index (Phi) is 3.45. The first-order valence-electron chi connectivity index (χ1n) is 8.93. The predicted octanol–water partition coefficient (Wildman–Crippen LogP) is 2.03. The van der Waals surface area contributed by atoms with E-state index in [2.05, 4.69) is 26.4 Å². The first-order valence-corrected chi connectivity index (χ1v) is 8.93. The van der Waals surface area contributed by atoms with E-state index in [1.165, 1.54) is 24.8 Å². The van der Waals surface area contributed by atoms with E-state index in [1.807, 2.05) is 17.9 Å². The molecule has 0 bridgehead atoms. The van der Waals surface area contributed by atoms with Gasteiger partial charge < -0.3 is 9.15 Å². The zero-order valence-electron chi connectivity index (χ0n) is 14.0. The van der Waals surface area contributed by atoms with E-state index in [-0.39, 0.29) is 12.2 Å². The molecule has 4 heterocycles. The molecule has 2 saturated heterocycles. The number of fused-ring (bicyclic) bond motifs is 1. The smallest absolute Gasteiger partial charge is 0.245 e. The van der Waals surface area contributed by atoms with E-state index in [0.717, 1.165) is 31.9 Å². The molecule has 0 radical (unpaired) electrons. The molecule has 7 nitrogen and oxygen atoms in total. The van der Waals surface area contributed by atoms with Crippen LogP contribution in [-0.2, 0) is 18.3 Å². The fourth-order valence-corrected chi connectivity index (χ4v) is 3.98. The summed E-state index contributed by atoms with van der Waals surface area (Å²) < 4.78 is 14.0. The Morgan fingerprint density at radius 3 is 2.88 bits per heavy atom. The monoisotopic (exact) mass is 329 g/mol. The van der Waals surface area contributed by atoms with Gasteiger partial charge in [-0.2, -0.15) is 5.10 Å². The number of hydrogen-bond acceptors (Lipinski definition) is 6. The van der Waals surface area contributed by atoms with Gasteiger partial charge in [0, 0.05) is 37.8 Å². The highest BCUT2D eigenvalue weighted by Gasteiger charge is 2.42. The van der Waals surface area contributed by atoms with E-state index in [4.69, 9.17) is 9.15 Å². The Hall–Kier alpha value is -1.73. The Labute approximate surface area is 141 Å². The van der Waals surface area contributed by atoms with E-state index in [9.17, 15) is 0 Å². The number of hydrogen-bond donors (Lipinski definition) is 0. The van der Waals surface area contributed by atoms with Crippen LogP contribution in [0.15, 0.2) is 16.8 Å². The second kappa shape index (κ2) is 5.67. The standard InChI is InChI=1S/C17H23N5O2/c1-21-8-11(7-18-21)9-22-5-4-13-6-14(23-15(13)10-22)17-20-19-16(24-17)12-2-3-12/h7-8,12-15H,2-6,9-10H2,1H3/t13-,14-,15+/m1/s1. The quantitative estimate of drug-likeness (QED) is 0.855. The van der Waals surface area contributed by atoms with Crippen molar-refractivity contribution >= 4 is 0 Å². The summed E-state index contributed by atoms with van der Waals surface area (Å²) in [5, 5.41) is 12.7. The van der Waals surface area contributed by atoms with Gasteiger partial charge in [0.15, 0.2) is 0 Å². The summed E-state index contributed by atoms with van der Waals surface area (Å²) in [7, 11) is 1.96. The summed E-state index contributed by atoms with van der Waals surface area (Å²) in [4.78, 5) is 2.46. The van der Waals surface area contributed by atoms with Crippen LogP contribution < -0.4 is 0 Å². The summed E-state index contributed by atoms with van der Waals surface area (Å²) in [6.45, 7) is 3.03. The third kappa shape index (κ3) is 2.75. The van der Waals surface area contributed by atoms with Gasteiger partial charge in [-0.3, -0.25) is 9.58 Å². The first kappa shape index (κ1) is 14.6. The minimum Gasteiger partial charge on any atom is -0.422 e. The van der Waals surface area contributed by atoms with Gasteiger partial charge in [0.1, 0.15) is 6.10 Å². The van der Waals surface area contributed by atoms with Gasteiger partial charge in [-0.25, -0.2) is 0 Å². The van der Waals surface area contributed by atoms with Gasteiger partial charge in [-0.1, -0.05) is 0 Å². The Balaban J connectivity index is 1.22. The highest BCUT2D eigenvalue weighted by Crippen LogP contribution is 2.43. The lowest BCUT2D eigenvalue weighted by atomic mass is 9.91. The molecule has 0 amide bonds. The molecule has 1 saturated carbocycles. The Morgan fingerprint density at radius 2 is 2.08 bits per heavy atom. The van der Waals surface area contributed by atoms with Gasteiger partial charge in [-0.15, -0.1) is 10.2 Å². The van der Waals surface area contributed by atoms with Crippen LogP contribution in [0.3, 0.4) is 0 Å². The average Bonchev–Trinajstić information content (AvgIpc) is 2.98. The number of aromatic nitrogens is 4. The molecule has 2 aromatic rings. The molecule has 7 heteroatoms. The van der Waals surface area contributed by atoms with Gasteiger partial charge in [0.05, 0.1) is 12.3 Å². The molecule has 0 aromatic carbocycles. The molecule has 5 rings (SSSR count). The van der Waals surface area contributed by atoms with Crippen LogP contribution in [-0.4, -0.2) is 44.1 Å². The Morgan fingerprint density at radius 1 is 1.21 bits per heavy atom. The van der Waals surface area contributed by atoms with Gasteiger partial charge in [-0.05, 0) is 38.1 Å². The SMILES string of the molecule is Cn1cc(CN2CC[C@@H]3C[C@H](c4nnc(C5CC5)o4)O[C@H]3C2)cn1. The number of nitrogens with zero attached hydrogens (tertiary/aromatic N) is 5. The van der Waals surface area contributed by atoms with Crippen LogP contribution in [0.25, 0.3) is 0 Å². The van der Waals surface area contributed by atoms with E-state index in [0.29, 0.717) is 17.7 Å². The number of likely N-dealkylation sites (tertiary alicyclic amines) is 1. The summed E-state index contributed by atoms with van der Waals surface area (Å²) in [6, 6.07) is 0. The fourth-order valence-electron chi connectivity index (χ4n) is 3.98. The molecule has 24 heavy (non-hydrogen) atoms. The lowest BCUT2D eigenvalue weighted by molar-refractivity contribution is -0.0177. The van der Waals surface area contributed by atoms with Crippen molar-refractivity contribution in [3.63, 3.8) is 0 Å². The molecule has 128 valence electrons. The number of ether oxygens (including phenoxy) is 1. The molecule has 2 aliphatic heterocycles. The molecule has 0 spiro atoms. The van der Waals surface area contributed by atoms with Crippen molar-refractivity contribution in [2.45, 2.75) is 50.4 Å². The third-order valence-corrected chi connectivity index (χ3v) is 5.46. The van der Waals surface area contributed by atoms with Crippen molar-refractivity contribution in [1.29, 1.82) is 0 Å². The highest BCUT2D eigenvalue weighted by atomic mass is 16.5. The van der Waals surface area contributed by atoms with Crippen molar-refractivity contribution in [2.75, 3.05) is 13.1 Å². The number of rotatable bonds is 4. The summed E-state index contributed by atoms with van der Waals surface area (Å²) in [5.74, 6) is 2.60. The lowest BCUT2D eigenvalue weighted by Gasteiger charge is -2.33. The van der Waals surface area contributed by atoms with Crippen LogP contribution >= 0.6 is 0 Å². The Bertz CT molecular complexity index is 722. The predicted molar refractivity (Wildman–Crippen MR) is 85.1 cm³/mol. The van der Waals surface area contributed by atoms with Crippen molar-refractivity contribution in [1.82, 2.24) is 24.9 Å². The maximum atomic E-state index is 6.28. The fraction of sp³-hybridized carbons (Fsp3) is 0.706. The van der Waals surface area contributed by atoms with Crippen molar-refractivity contribution in [3.8, 4) is 0 Å². The molecule has 1 aliphatic carbocycles. The molecular formula is C17H23N5O2. The topological polar surface area (TPSA) is 69.2 Å². The molecular weight excluding hydrogens is 306 g/mol. The maximum absolute atomic E-state index is 6.28. The number of aryl methyl sites for hydroxylation is 1. The first-order chi connectivity index (χ1) is 11.7. The van der Waals surface area contributed by atoms with Crippen LogP contribution in [0.1, 0.15) is 55.1 Å². The molecule has 3 aliphatic rings. The second-order valence-electron chi connectivity index (χ2n) is 7.46. The molecule has 3 fully saturated rings. The van der Waals surface area contributed by atoms with Crippen LogP contribution in [0.5, 0.6) is 0 Å². The average molecular weight is 329 g/mol. The highest BCUT2D eigenvalue weighted by molar-refractivity contribution is 5.05. The van der Waals surface area contributed by atoms with Gasteiger partial charge in [0.2, 0.25) is 11.8 Å². The molecule has 2 aromatic heterocycles. The zero-order chi connectivity index (χ0) is 16.1. The van der Waals surface area contributed by atoms with Gasteiger partial charge in [0.25, 0.3) is 0 Å². The third-order valence-electron chi connectivity index (χ3n) is 5.46. The second-order valence-corrected chi connectivity index (χ2v) is 7.46. The van der Waals surface area contributed by atoms with Crippen molar-refractivity contribution < 1.29 is 9.15 Å². The number of piperidine rings is 1. The van der Waals surface area contributed by atoms with Crippen molar-refractivity contribution in [2.24, 2.45) is 13.0 Å². The molecule has 0 N–H and O–H groups in total. The van der Waals surface area contributed by atoms with Crippen LogP contribution in [0.2, 0.25) is 0 Å². The van der Waals surface area contributed by atoms with E-state index >= 15 is 0 Å². The van der Waals surface area contributed by atoms with Crippen LogP contribution in [0, 0.1) is 5.92 Å². The van der Waals surface area contributed by atoms with Crippen molar-refractivity contribution in [3.05, 3.63) is 29.7 Å². The van der Waals surface area contributed by atoms with E-state index in [1.54, 1.807) is 0 Å². The normalized spacial score (nSPS) is 30.6. The van der Waals surface area contributed by atoms with Crippen LogP contribution in [0.4, 0.5) is 0 Å². The summed E-state index contributed by atoms with van der Waals surface area (Å²) >= 11 is 0. The lowest BCUT2D eigenvalue weighted by Crippen LogP contribution is -2.41. The minimum absolute atomic E-state index is 0.0154. The largest absolute Gasteiger partial charge is 0.422 e. The van der Waals surface area contributed by atoms with Gasteiger partial charge >= 0.3 is 0 Å². The minimum atomic E-state index is -0.0154. The summed E-state index contributed by atoms with van der Waals surface area (Å²) in [6.07, 6.45) is 8.84.